The molecule has 2 aliphatic heterocycles. The number of hydrogen-bond acceptors (Lipinski definition) is 3. The molecular formula is C18H25BrN2O2. The van der Waals surface area contributed by atoms with Crippen molar-refractivity contribution in [3.63, 3.8) is 0 Å². The molecule has 0 N–H and O–H groups in total. The molecule has 1 saturated heterocycles. The first-order valence-electron chi connectivity index (χ1n) is 8.19. The minimum absolute atomic E-state index is 0.170. The number of anilines is 1. The third-order valence-corrected chi connectivity index (χ3v) is 5.35. The Morgan fingerprint density at radius 1 is 1.26 bits per heavy atom. The predicted molar refractivity (Wildman–Crippen MR) is 96.1 cm³/mol. The number of fused-ring (bicyclic) bond motifs is 2. The lowest BCUT2D eigenvalue weighted by molar-refractivity contribution is 0.0171. The number of hydrogen-bond donors (Lipinski definition) is 0. The molecule has 0 aliphatic carbocycles. The minimum atomic E-state index is -0.432. The van der Waals surface area contributed by atoms with Crippen LogP contribution in [-0.4, -0.2) is 43.3 Å². The van der Waals surface area contributed by atoms with E-state index in [0.29, 0.717) is 0 Å². The molecule has 1 aromatic carbocycles. The number of carbonyl (C=O) groups excluding carboxylic acids is 1. The number of benzene rings is 1. The van der Waals surface area contributed by atoms with Gasteiger partial charge in [-0.2, -0.15) is 0 Å². The van der Waals surface area contributed by atoms with Crippen LogP contribution in [-0.2, 0) is 10.2 Å². The summed E-state index contributed by atoms with van der Waals surface area (Å²) in [6, 6.07) is 6.57. The fraction of sp³-hybridized carbons (Fsp3) is 0.611. The number of likely N-dealkylation sites (N-methyl/N-ethyl adjacent to an activating group) is 1. The monoisotopic (exact) mass is 380 g/mol. The Balaban J connectivity index is 1.74. The highest BCUT2D eigenvalue weighted by atomic mass is 79.9. The summed E-state index contributed by atoms with van der Waals surface area (Å²) >= 11 is 3.57. The number of nitrogens with zero attached hydrogens (tertiary/aromatic N) is 2. The van der Waals surface area contributed by atoms with Gasteiger partial charge in [-0.25, -0.2) is 4.79 Å². The summed E-state index contributed by atoms with van der Waals surface area (Å²) in [5.41, 5.74) is 2.47. The van der Waals surface area contributed by atoms with E-state index in [2.05, 4.69) is 46.1 Å². The zero-order valence-electron chi connectivity index (χ0n) is 14.4. The lowest BCUT2D eigenvalue weighted by Crippen LogP contribution is -2.48. The van der Waals surface area contributed by atoms with Gasteiger partial charge in [-0.3, -0.25) is 0 Å². The zero-order valence-corrected chi connectivity index (χ0v) is 15.9. The second-order valence-corrected chi connectivity index (χ2v) is 8.68. The molecule has 1 fully saturated rings. The smallest absolute Gasteiger partial charge is 0.410 e. The lowest BCUT2D eigenvalue weighted by atomic mass is 9.74. The van der Waals surface area contributed by atoms with Gasteiger partial charge in [-0.15, -0.1) is 0 Å². The van der Waals surface area contributed by atoms with Crippen LogP contribution in [0, 0.1) is 0 Å². The third-order valence-electron chi connectivity index (χ3n) is 4.85. The summed E-state index contributed by atoms with van der Waals surface area (Å²) < 4.78 is 6.62. The second kappa shape index (κ2) is 5.69. The van der Waals surface area contributed by atoms with Crippen LogP contribution in [0.25, 0.3) is 0 Å². The first kappa shape index (κ1) is 16.6. The van der Waals surface area contributed by atoms with Gasteiger partial charge in [0.25, 0.3) is 0 Å². The lowest BCUT2D eigenvalue weighted by Gasteiger charge is -2.40. The van der Waals surface area contributed by atoms with Gasteiger partial charge in [0.1, 0.15) is 5.60 Å². The van der Waals surface area contributed by atoms with Crippen LogP contribution in [0.1, 0.15) is 39.2 Å². The van der Waals surface area contributed by atoms with Crippen LogP contribution in [0.2, 0.25) is 0 Å². The van der Waals surface area contributed by atoms with E-state index in [0.717, 1.165) is 36.9 Å². The van der Waals surface area contributed by atoms with Crippen molar-refractivity contribution in [1.29, 1.82) is 0 Å². The molecule has 3 rings (SSSR count). The van der Waals surface area contributed by atoms with E-state index in [-0.39, 0.29) is 11.5 Å². The predicted octanol–water partition coefficient (Wildman–Crippen LogP) is 4.17. The summed E-state index contributed by atoms with van der Waals surface area (Å²) in [7, 11) is 2.15. The van der Waals surface area contributed by atoms with Gasteiger partial charge in [-0.1, -0.05) is 22.0 Å². The van der Waals surface area contributed by atoms with Crippen molar-refractivity contribution in [2.45, 2.75) is 44.6 Å². The fourth-order valence-corrected chi connectivity index (χ4v) is 4.11. The molecule has 0 radical (unpaired) electrons. The molecule has 1 spiro atoms. The van der Waals surface area contributed by atoms with Crippen molar-refractivity contribution in [2.24, 2.45) is 0 Å². The molecular weight excluding hydrogens is 356 g/mol. The van der Waals surface area contributed by atoms with E-state index in [4.69, 9.17) is 4.74 Å². The quantitative estimate of drug-likeness (QED) is 0.676. The molecule has 1 amide bonds. The fourth-order valence-electron chi connectivity index (χ4n) is 3.76. The Kier molecular flexibility index (Phi) is 4.11. The first-order valence-corrected chi connectivity index (χ1v) is 8.99. The first-order chi connectivity index (χ1) is 10.7. The number of likely N-dealkylation sites (tertiary alicyclic amines) is 1. The van der Waals surface area contributed by atoms with Gasteiger partial charge in [0.2, 0.25) is 0 Å². The van der Waals surface area contributed by atoms with Gasteiger partial charge < -0.3 is 14.5 Å². The van der Waals surface area contributed by atoms with Crippen LogP contribution in [0.3, 0.4) is 0 Å². The van der Waals surface area contributed by atoms with Gasteiger partial charge in [0.05, 0.1) is 0 Å². The van der Waals surface area contributed by atoms with Crippen LogP contribution in [0.5, 0.6) is 0 Å². The molecule has 1 aromatic rings. The number of ether oxygens (including phenoxy) is 1. The van der Waals surface area contributed by atoms with Gasteiger partial charge >= 0.3 is 6.09 Å². The normalized spacial score (nSPS) is 19.9. The number of amides is 1. The standard InChI is InChI=1S/C18H25BrN2O2/c1-17(2,3)23-16(22)21-9-7-18(8-10-21)12-20(4)15-11-13(19)5-6-14(15)18/h5-6,11H,7-10,12H2,1-4H3. The van der Waals surface area contributed by atoms with Crippen molar-refractivity contribution < 1.29 is 9.53 Å². The number of halogens is 1. The van der Waals surface area contributed by atoms with E-state index in [1.807, 2.05) is 25.7 Å². The third kappa shape index (κ3) is 3.21. The molecule has 23 heavy (non-hydrogen) atoms. The van der Waals surface area contributed by atoms with Crippen molar-refractivity contribution >= 4 is 27.7 Å². The maximum atomic E-state index is 12.3. The summed E-state index contributed by atoms with van der Waals surface area (Å²) in [5.74, 6) is 0. The highest BCUT2D eigenvalue weighted by Crippen LogP contribution is 2.47. The van der Waals surface area contributed by atoms with Crippen molar-refractivity contribution in [1.82, 2.24) is 4.90 Å². The van der Waals surface area contributed by atoms with E-state index < -0.39 is 5.60 Å². The summed E-state index contributed by atoms with van der Waals surface area (Å²) in [6.07, 6.45) is 1.80. The van der Waals surface area contributed by atoms with Crippen LogP contribution in [0.15, 0.2) is 22.7 Å². The van der Waals surface area contributed by atoms with Crippen molar-refractivity contribution in [2.75, 3.05) is 31.6 Å². The number of carbonyl (C=O) groups is 1. The topological polar surface area (TPSA) is 32.8 Å². The summed E-state index contributed by atoms with van der Waals surface area (Å²) in [5, 5.41) is 0. The van der Waals surface area contributed by atoms with Gasteiger partial charge in [0, 0.05) is 42.3 Å². The molecule has 0 aromatic heterocycles. The largest absolute Gasteiger partial charge is 0.444 e. The highest BCUT2D eigenvalue weighted by Gasteiger charge is 2.44. The van der Waals surface area contributed by atoms with Gasteiger partial charge in [-0.05, 0) is 51.3 Å². The van der Waals surface area contributed by atoms with E-state index in [1.165, 1.54) is 11.3 Å². The molecule has 0 atom stereocenters. The molecule has 0 saturated carbocycles. The number of piperidine rings is 1. The Morgan fingerprint density at radius 3 is 2.52 bits per heavy atom. The van der Waals surface area contributed by atoms with Crippen LogP contribution < -0.4 is 4.90 Å². The SMILES string of the molecule is CN1CC2(CCN(C(=O)OC(C)(C)C)CC2)c2ccc(Br)cc21. The van der Waals surface area contributed by atoms with E-state index >= 15 is 0 Å². The van der Waals surface area contributed by atoms with Crippen molar-refractivity contribution in [3.05, 3.63) is 28.2 Å². The molecule has 2 aliphatic rings. The molecule has 0 bridgehead atoms. The minimum Gasteiger partial charge on any atom is -0.444 e. The maximum absolute atomic E-state index is 12.3. The second-order valence-electron chi connectivity index (χ2n) is 7.77. The van der Waals surface area contributed by atoms with E-state index in [9.17, 15) is 4.79 Å². The van der Waals surface area contributed by atoms with Gasteiger partial charge in [0.15, 0.2) is 0 Å². The molecule has 5 heteroatoms. The number of rotatable bonds is 0. The Bertz CT molecular complexity index is 616. The summed E-state index contributed by atoms with van der Waals surface area (Å²) in [4.78, 5) is 16.4. The van der Waals surface area contributed by atoms with Crippen LogP contribution >= 0.6 is 15.9 Å². The Morgan fingerprint density at radius 2 is 1.91 bits per heavy atom. The van der Waals surface area contributed by atoms with E-state index in [1.54, 1.807) is 0 Å². The van der Waals surface area contributed by atoms with Crippen LogP contribution in [0.4, 0.5) is 10.5 Å². The maximum Gasteiger partial charge on any atom is 0.410 e. The van der Waals surface area contributed by atoms with Crippen molar-refractivity contribution in [3.8, 4) is 0 Å². The Labute approximate surface area is 146 Å². The average Bonchev–Trinajstić information content (AvgIpc) is 2.70. The summed E-state index contributed by atoms with van der Waals surface area (Å²) in [6.45, 7) is 8.29. The molecule has 2 heterocycles. The molecule has 126 valence electrons. The molecule has 0 unspecified atom stereocenters. The average molecular weight is 381 g/mol. The highest BCUT2D eigenvalue weighted by molar-refractivity contribution is 9.10. The zero-order chi connectivity index (χ0) is 16.8. The molecule has 4 nitrogen and oxygen atoms in total. The Hall–Kier alpha value is -1.23.